The standard InChI is InChI=1S/C39H47N9O3/c1-25(47-23-39(24-47)16-18-46(19-17-39)29-11-8-26(9-12-29)31-13-15-34(49)43-36(31)50)27-10-14-33(40-21-27)42-38-41-22-28-20-32(37(51)45(2)3)48(35(28)44-38)30-6-4-5-7-30/h8-12,14,20-22,25,30-31H,4-7,13,15-19,23-24H2,1-3H3,(H,43,49,50)(H,40,41,42,44)/t25-,31-/m1/s1. The van der Waals surface area contributed by atoms with Crippen LogP contribution in [0.2, 0.25) is 0 Å². The van der Waals surface area contributed by atoms with Gasteiger partial charge in [0.1, 0.15) is 17.2 Å². The van der Waals surface area contributed by atoms with E-state index in [-0.39, 0.29) is 35.7 Å². The van der Waals surface area contributed by atoms with Crippen molar-refractivity contribution < 1.29 is 14.4 Å². The van der Waals surface area contributed by atoms with Crippen molar-refractivity contribution in [1.29, 1.82) is 0 Å². The molecule has 1 spiro atoms. The fraction of sp³-hybridized carbons (Fsp3) is 0.487. The number of hydrogen-bond donors (Lipinski definition) is 2. The van der Waals surface area contributed by atoms with E-state index in [1.807, 2.05) is 30.5 Å². The molecule has 2 N–H and O–H groups in total. The van der Waals surface area contributed by atoms with Crippen LogP contribution in [0.15, 0.2) is 54.9 Å². The quantitative estimate of drug-likeness (QED) is 0.228. The van der Waals surface area contributed by atoms with E-state index in [0.717, 1.165) is 81.3 Å². The molecule has 3 amide bonds. The average Bonchev–Trinajstić information content (AvgIpc) is 3.79. The summed E-state index contributed by atoms with van der Waals surface area (Å²) in [5.41, 5.74) is 5.17. The summed E-state index contributed by atoms with van der Waals surface area (Å²) in [5, 5.41) is 6.63. The summed E-state index contributed by atoms with van der Waals surface area (Å²) in [6, 6.07) is 14.9. The second kappa shape index (κ2) is 13.4. The summed E-state index contributed by atoms with van der Waals surface area (Å²) in [6.45, 7) is 6.48. The molecular formula is C39H47N9O3. The number of nitrogens with zero attached hydrogens (tertiary/aromatic N) is 7. The van der Waals surface area contributed by atoms with Crippen molar-refractivity contribution in [2.45, 2.75) is 76.3 Å². The molecule has 3 aliphatic heterocycles. The van der Waals surface area contributed by atoms with Crippen LogP contribution in [0.4, 0.5) is 17.5 Å². The smallest absolute Gasteiger partial charge is 0.270 e. The second-order valence-corrected chi connectivity index (χ2v) is 15.3. The van der Waals surface area contributed by atoms with Gasteiger partial charge in [-0.25, -0.2) is 9.97 Å². The first-order valence-corrected chi connectivity index (χ1v) is 18.4. The van der Waals surface area contributed by atoms with Crippen LogP contribution in [-0.4, -0.2) is 87.3 Å². The van der Waals surface area contributed by atoms with Gasteiger partial charge in [-0.2, -0.15) is 4.98 Å². The summed E-state index contributed by atoms with van der Waals surface area (Å²) in [7, 11) is 3.57. The van der Waals surface area contributed by atoms with Gasteiger partial charge in [0, 0.05) is 82.2 Å². The molecule has 266 valence electrons. The first-order chi connectivity index (χ1) is 24.7. The Morgan fingerprint density at radius 3 is 2.39 bits per heavy atom. The topological polar surface area (TPSA) is 129 Å². The van der Waals surface area contributed by atoms with Crippen molar-refractivity contribution in [3.63, 3.8) is 0 Å². The lowest BCUT2D eigenvalue weighted by molar-refractivity contribution is -0.134. The largest absolute Gasteiger partial charge is 0.371 e. The molecule has 12 heteroatoms. The molecule has 4 fully saturated rings. The minimum atomic E-state index is -0.244. The van der Waals surface area contributed by atoms with E-state index in [1.54, 1.807) is 25.2 Å². The summed E-state index contributed by atoms with van der Waals surface area (Å²) in [5.74, 6) is 0.531. The molecule has 2 atom stereocenters. The van der Waals surface area contributed by atoms with Gasteiger partial charge in [0.05, 0.1) is 5.92 Å². The fourth-order valence-electron chi connectivity index (χ4n) is 8.62. The van der Waals surface area contributed by atoms with E-state index >= 15 is 0 Å². The highest BCUT2D eigenvalue weighted by atomic mass is 16.2. The van der Waals surface area contributed by atoms with Crippen molar-refractivity contribution in [3.8, 4) is 0 Å². The highest BCUT2D eigenvalue weighted by molar-refractivity contribution is 6.01. The van der Waals surface area contributed by atoms with Gasteiger partial charge in [0.25, 0.3) is 5.91 Å². The molecule has 12 nitrogen and oxygen atoms in total. The lowest BCUT2D eigenvalue weighted by Crippen LogP contribution is -2.60. The number of likely N-dealkylation sites (tertiary alicyclic amines) is 1. The molecule has 3 aromatic heterocycles. The van der Waals surface area contributed by atoms with Gasteiger partial charge in [0.2, 0.25) is 17.8 Å². The molecule has 6 heterocycles. The van der Waals surface area contributed by atoms with Gasteiger partial charge in [-0.3, -0.25) is 24.6 Å². The van der Waals surface area contributed by atoms with E-state index in [4.69, 9.17) is 9.97 Å². The van der Waals surface area contributed by atoms with Crippen LogP contribution in [0.5, 0.6) is 0 Å². The van der Waals surface area contributed by atoms with E-state index in [1.165, 1.54) is 11.3 Å². The van der Waals surface area contributed by atoms with Gasteiger partial charge in [0.15, 0.2) is 0 Å². The van der Waals surface area contributed by atoms with Gasteiger partial charge in [-0.15, -0.1) is 0 Å². The zero-order chi connectivity index (χ0) is 35.3. The van der Waals surface area contributed by atoms with Crippen LogP contribution >= 0.6 is 0 Å². The maximum absolute atomic E-state index is 13.1. The number of anilines is 3. The van der Waals surface area contributed by atoms with E-state index < -0.39 is 0 Å². The Bertz CT molecular complexity index is 1930. The Hall–Kier alpha value is -4.84. The van der Waals surface area contributed by atoms with Crippen LogP contribution in [-0.2, 0) is 9.59 Å². The van der Waals surface area contributed by atoms with Gasteiger partial charge in [-0.05, 0) is 79.8 Å². The summed E-state index contributed by atoms with van der Waals surface area (Å²) in [4.78, 5) is 57.7. The molecule has 51 heavy (non-hydrogen) atoms. The number of carbonyl (C=O) groups is 3. The van der Waals surface area contributed by atoms with E-state index in [0.29, 0.717) is 35.7 Å². The molecule has 1 saturated carbocycles. The Morgan fingerprint density at radius 1 is 0.980 bits per heavy atom. The lowest BCUT2D eigenvalue weighted by Gasteiger charge is -2.56. The first-order valence-electron chi connectivity index (χ1n) is 18.4. The minimum Gasteiger partial charge on any atom is -0.371 e. The Kier molecular flexibility index (Phi) is 8.73. The van der Waals surface area contributed by atoms with Crippen LogP contribution in [0.25, 0.3) is 11.0 Å². The predicted octanol–water partition coefficient (Wildman–Crippen LogP) is 5.57. The Balaban J connectivity index is 0.864. The second-order valence-electron chi connectivity index (χ2n) is 15.3. The van der Waals surface area contributed by atoms with Crippen molar-refractivity contribution in [3.05, 3.63) is 71.7 Å². The molecule has 0 radical (unpaired) electrons. The maximum Gasteiger partial charge on any atom is 0.270 e. The van der Waals surface area contributed by atoms with E-state index in [2.05, 4.69) is 55.1 Å². The zero-order valence-electron chi connectivity index (χ0n) is 29.8. The number of nitrogens with one attached hydrogen (secondary N) is 2. The molecular weight excluding hydrogens is 642 g/mol. The van der Waals surface area contributed by atoms with Crippen LogP contribution in [0.3, 0.4) is 0 Å². The average molecular weight is 690 g/mol. The van der Waals surface area contributed by atoms with E-state index in [9.17, 15) is 14.4 Å². The number of amides is 3. The molecule has 1 aromatic carbocycles. The predicted molar refractivity (Wildman–Crippen MR) is 196 cm³/mol. The summed E-state index contributed by atoms with van der Waals surface area (Å²) >= 11 is 0. The third-order valence-electron chi connectivity index (χ3n) is 11.7. The van der Waals surface area contributed by atoms with Crippen LogP contribution < -0.4 is 15.5 Å². The van der Waals surface area contributed by atoms with Gasteiger partial charge < -0.3 is 19.7 Å². The summed E-state index contributed by atoms with van der Waals surface area (Å²) in [6.07, 6.45) is 11.5. The number of pyridine rings is 1. The number of hydrogen-bond acceptors (Lipinski definition) is 9. The Labute approximate surface area is 298 Å². The van der Waals surface area contributed by atoms with Crippen LogP contribution in [0.1, 0.15) is 97.9 Å². The molecule has 4 aliphatic rings. The lowest BCUT2D eigenvalue weighted by atomic mass is 9.71. The number of benzene rings is 1. The zero-order valence-corrected chi connectivity index (χ0v) is 29.8. The molecule has 3 saturated heterocycles. The number of aromatic nitrogens is 4. The van der Waals surface area contributed by atoms with Crippen LogP contribution in [0, 0.1) is 5.41 Å². The number of rotatable bonds is 8. The number of piperidine rings is 2. The Morgan fingerprint density at radius 2 is 1.73 bits per heavy atom. The molecule has 1 aliphatic carbocycles. The van der Waals surface area contributed by atoms with Crippen molar-refractivity contribution >= 4 is 46.2 Å². The third-order valence-corrected chi connectivity index (χ3v) is 11.7. The summed E-state index contributed by atoms with van der Waals surface area (Å²) < 4.78 is 2.13. The monoisotopic (exact) mass is 689 g/mol. The fourth-order valence-corrected chi connectivity index (χ4v) is 8.62. The highest BCUT2D eigenvalue weighted by Crippen LogP contribution is 2.45. The van der Waals surface area contributed by atoms with Gasteiger partial charge >= 0.3 is 0 Å². The maximum atomic E-state index is 13.1. The first kappa shape index (κ1) is 33.3. The van der Waals surface area contributed by atoms with Crippen molar-refractivity contribution in [1.82, 2.24) is 34.6 Å². The van der Waals surface area contributed by atoms with Crippen molar-refractivity contribution in [2.24, 2.45) is 5.41 Å². The molecule has 4 aromatic rings. The minimum absolute atomic E-state index is 0.0185. The molecule has 0 bridgehead atoms. The third kappa shape index (κ3) is 6.45. The normalized spacial score (nSPS) is 21.5. The van der Waals surface area contributed by atoms with Crippen molar-refractivity contribution in [2.75, 3.05) is 50.5 Å². The highest BCUT2D eigenvalue weighted by Gasteiger charge is 2.46. The number of carbonyl (C=O) groups excluding carboxylic acids is 3. The SMILES string of the molecule is C[C@H](c1ccc(Nc2ncc3cc(C(=O)N(C)C)n(C4CCCC4)c3n2)nc1)N1CC2(CCN(c3ccc([C@H]4CCC(=O)NC4=O)cc3)CC2)C1. The van der Waals surface area contributed by atoms with Gasteiger partial charge in [-0.1, -0.05) is 31.0 Å². The number of imide groups is 1. The number of fused-ring (bicyclic) bond motifs is 1. The molecule has 8 rings (SSSR count). The molecule has 0 unspecified atom stereocenters.